The van der Waals surface area contributed by atoms with E-state index in [9.17, 15) is 9.59 Å². The van der Waals surface area contributed by atoms with Gasteiger partial charge in [0.2, 0.25) is 0 Å². The number of fused-ring (bicyclic) bond motifs is 3. The normalized spacial score (nSPS) is 15.8. The van der Waals surface area contributed by atoms with Crippen molar-refractivity contribution in [1.82, 2.24) is 9.55 Å². The second-order valence-electron chi connectivity index (χ2n) is 8.66. The second-order valence-corrected chi connectivity index (χ2v) is 9.67. The fourth-order valence-electron chi connectivity index (χ4n) is 4.93. The summed E-state index contributed by atoms with van der Waals surface area (Å²) in [6.07, 6.45) is 3.80. The molecule has 0 radical (unpaired) electrons. The zero-order chi connectivity index (χ0) is 24.8. The Morgan fingerprint density at radius 3 is 2.67 bits per heavy atom. The minimum absolute atomic E-state index is 0.184. The summed E-state index contributed by atoms with van der Waals surface area (Å²) in [6.45, 7) is 3.82. The number of nitrogens with one attached hydrogen (secondary N) is 1. The van der Waals surface area contributed by atoms with Crippen molar-refractivity contribution >= 4 is 45.1 Å². The van der Waals surface area contributed by atoms with Gasteiger partial charge < -0.3 is 9.72 Å². The van der Waals surface area contributed by atoms with Crippen molar-refractivity contribution in [2.45, 2.75) is 19.9 Å². The molecule has 3 heterocycles. The molecule has 1 aliphatic heterocycles. The molecule has 1 atom stereocenters. The van der Waals surface area contributed by atoms with Gasteiger partial charge in [0, 0.05) is 22.7 Å². The van der Waals surface area contributed by atoms with Crippen LogP contribution in [-0.4, -0.2) is 22.1 Å². The number of hydrogen-bond acceptors (Lipinski definition) is 5. The van der Waals surface area contributed by atoms with Crippen molar-refractivity contribution in [2.24, 2.45) is 4.99 Å². The number of H-pyrrole nitrogens is 1. The molecule has 0 saturated carbocycles. The quantitative estimate of drug-likeness (QED) is 0.376. The van der Waals surface area contributed by atoms with Crippen LogP contribution >= 0.6 is 11.3 Å². The third kappa shape index (κ3) is 3.51. The molecule has 3 aromatic carbocycles. The Morgan fingerprint density at radius 1 is 1.08 bits per heavy atom. The molecule has 0 bridgehead atoms. The highest BCUT2D eigenvalue weighted by atomic mass is 32.1. The highest BCUT2D eigenvalue weighted by molar-refractivity contribution is 7.07. The van der Waals surface area contributed by atoms with Crippen LogP contribution in [0.3, 0.4) is 0 Å². The van der Waals surface area contributed by atoms with Crippen LogP contribution in [0.4, 0.5) is 0 Å². The third-order valence-corrected chi connectivity index (χ3v) is 7.53. The first-order chi connectivity index (χ1) is 17.6. The molecule has 0 spiro atoms. The van der Waals surface area contributed by atoms with Gasteiger partial charge in [0.05, 0.1) is 28.5 Å². The van der Waals surface area contributed by atoms with Gasteiger partial charge in [-0.15, -0.1) is 0 Å². The van der Waals surface area contributed by atoms with Gasteiger partial charge in [-0.1, -0.05) is 72.0 Å². The minimum atomic E-state index is -0.642. The molecule has 6 nitrogen and oxygen atoms in total. The van der Waals surface area contributed by atoms with Gasteiger partial charge in [-0.3, -0.25) is 9.36 Å². The molecule has 0 saturated heterocycles. The van der Waals surface area contributed by atoms with Crippen molar-refractivity contribution in [1.29, 1.82) is 0 Å². The number of carbonyl (C=O) groups is 1. The molecule has 0 amide bonds. The van der Waals surface area contributed by atoms with Crippen molar-refractivity contribution in [3.63, 3.8) is 0 Å². The van der Waals surface area contributed by atoms with Gasteiger partial charge >= 0.3 is 5.97 Å². The monoisotopic (exact) mass is 493 g/mol. The number of thiazole rings is 1. The zero-order valence-corrected chi connectivity index (χ0v) is 20.6. The number of carbonyl (C=O) groups excluding carboxylic acids is 1. The number of allylic oxidation sites excluding steroid dienone is 1. The van der Waals surface area contributed by atoms with E-state index in [1.54, 1.807) is 18.4 Å². The standard InChI is InChI=1S/C29H23N3O3S/c1-3-35-28(34)25-17(2)31-29-32(26(25)22-13-8-10-18-9-4-5-11-20(18)22)27(33)24(36-29)15-19-16-30-23-14-7-6-12-21(19)23/h4-16,26,30H,3H2,1-2H3/b24-15+/t26-/m0/s1. The van der Waals surface area contributed by atoms with E-state index in [4.69, 9.17) is 9.73 Å². The molecule has 0 aliphatic carbocycles. The lowest BCUT2D eigenvalue weighted by Gasteiger charge is -2.25. The molecule has 1 aliphatic rings. The van der Waals surface area contributed by atoms with E-state index in [1.807, 2.05) is 79.0 Å². The van der Waals surface area contributed by atoms with Gasteiger partial charge in [-0.25, -0.2) is 9.79 Å². The van der Waals surface area contributed by atoms with Crippen LogP contribution in [0.25, 0.3) is 27.8 Å². The number of ether oxygens (including phenoxy) is 1. The number of para-hydroxylation sites is 1. The van der Waals surface area contributed by atoms with Gasteiger partial charge in [-0.05, 0) is 42.3 Å². The van der Waals surface area contributed by atoms with Crippen LogP contribution in [0.15, 0.2) is 94.0 Å². The summed E-state index contributed by atoms with van der Waals surface area (Å²) in [5.74, 6) is -0.456. The smallest absolute Gasteiger partial charge is 0.338 e. The van der Waals surface area contributed by atoms with Gasteiger partial charge in [0.25, 0.3) is 5.56 Å². The molecular formula is C29H23N3O3S. The second kappa shape index (κ2) is 8.77. The van der Waals surface area contributed by atoms with Gasteiger partial charge in [-0.2, -0.15) is 0 Å². The Kier molecular flexibility index (Phi) is 5.42. The van der Waals surface area contributed by atoms with Crippen molar-refractivity contribution in [3.8, 4) is 0 Å². The molecule has 6 rings (SSSR count). The summed E-state index contributed by atoms with van der Waals surface area (Å²) in [7, 11) is 0. The predicted molar refractivity (Wildman–Crippen MR) is 143 cm³/mol. The first kappa shape index (κ1) is 22.2. The largest absolute Gasteiger partial charge is 0.463 e. The molecule has 1 N–H and O–H groups in total. The van der Waals surface area contributed by atoms with Crippen LogP contribution in [-0.2, 0) is 9.53 Å². The lowest BCUT2D eigenvalue weighted by molar-refractivity contribution is -0.139. The van der Waals surface area contributed by atoms with Crippen LogP contribution in [0.5, 0.6) is 0 Å². The summed E-state index contributed by atoms with van der Waals surface area (Å²) in [6, 6.07) is 21.3. The fourth-order valence-corrected chi connectivity index (χ4v) is 5.97. The molecular weight excluding hydrogens is 470 g/mol. The molecule has 2 aromatic heterocycles. The van der Waals surface area contributed by atoms with Crippen molar-refractivity contribution < 1.29 is 9.53 Å². The first-order valence-electron chi connectivity index (χ1n) is 11.8. The van der Waals surface area contributed by atoms with E-state index >= 15 is 0 Å². The van der Waals surface area contributed by atoms with E-state index in [0.29, 0.717) is 20.6 Å². The number of aromatic nitrogens is 2. The van der Waals surface area contributed by atoms with Crippen LogP contribution in [0.1, 0.15) is 31.0 Å². The summed E-state index contributed by atoms with van der Waals surface area (Å²) in [5, 5.41) is 3.05. The maximum Gasteiger partial charge on any atom is 0.338 e. The lowest BCUT2D eigenvalue weighted by atomic mass is 9.91. The maximum atomic E-state index is 13.9. The zero-order valence-electron chi connectivity index (χ0n) is 19.8. The van der Waals surface area contributed by atoms with Crippen molar-refractivity contribution in [2.75, 3.05) is 6.61 Å². The van der Waals surface area contributed by atoms with Crippen LogP contribution in [0.2, 0.25) is 0 Å². The molecule has 0 fully saturated rings. The summed E-state index contributed by atoms with van der Waals surface area (Å²) in [5.41, 5.74) is 3.57. The Labute approximate surface area is 210 Å². The predicted octanol–water partition coefficient (Wildman–Crippen LogP) is 4.43. The molecule has 36 heavy (non-hydrogen) atoms. The van der Waals surface area contributed by atoms with E-state index in [1.165, 1.54) is 11.3 Å². The molecule has 7 heteroatoms. The number of aromatic amines is 1. The number of rotatable bonds is 4. The summed E-state index contributed by atoms with van der Waals surface area (Å²) in [4.78, 5) is 35.6. The molecule has 5 aromatic rings. The van der Waals surface area contributed by atoms with Crippen molar-refractivity contribution in [3.05, 3.63) is 115 Å². The lowest BCUT2D eigenvalue weighted by Crippen LogP contribution is -2.40. The average molecular weight is 494 g/mol. The Balaban J connectivity index is 1.63. The fraction of sp³-hybridized carbons (Fsp3) is 0.138. The number of esters is 1. The Morgan fingerprint density at radius 2 is 1.83 bits per heavy atom. The highest BCUT2D eigenvalue weighted by Gasteiger charge is 2.34. The highest BCUT2D eigenvalue weighted by Crippen LogP contribution is 2.34. The first-order valence-corrected chi connectivity index (χ1v) is 12.6. The van der Waals surface area contributed by atoms with Crippen LogP contribution < -0.4 is 14.9 Å². The Hall–Kier alpha value is -4.23. The maximum absolute atomic E-state index is 13.9. The minimum Gasteiger partial charge on any atom is -0.463 e. The van der Waals surface area contributed by atoms with Gasteiger partial charge in [0.15, 0.2) is 4.80 Å². The van der Waals surface area contributed by atoms with Gasteiger partial charge in [0.1, 0.15) is 0 Å². The summed E-state index contributed by atoms with van der Waals surface area (Å²) >= 11 is 1.33. The number of benzene rings is 3. The topological polar surface area (TPSA) is 76.4 Å². The third-order valence-electron chi connectivity index (χ3n) is 6.54. The van der Waals surface area contributed by atoms with Crippen LogP contribution in [0, 0.1) is 0 Å². The van der Waals surface area contributed by atoms with E-state index in [0.717, 1.165) is 32.8 Å². The van der Waals surface area contributed by atoms with E-state index in [-0.39, 0.29) is 12.2 Å². The number of nitrogens with zero attached hydrogens (tertiary/aromatic N) is 2. The van der Waals surface area contributed by atoms with E-state index in [2.05, 4.69) is 4.98 Å². The molecule has 0 unspecified atom stereocenters. The SMILES string of the molecule is CCOC(=O)C1=C(C)N=c2s/c(=C/c3c[nH]c4ccccc34)c(=O)n2[C@H]1c1cccc2ccccc12. The molecule has 178 valence electrons. The average Bonchev–Trinajstić information content (AvgIpc) is 3.43. The number of hydrogen-bond donors (Lipinski definition) is 1. The Bertz CT molecular complexity index is 1870. The summed E-state index contributed by atoms with van der Waals surface area (Å²) < 4.78 is 7.63. The van der Waals surface area contributed by atoms with E-state index < -0.39 is 12.0 Å².